The van der Waals surface area contributed by atoms with E-state index in [0.29, 0.717) is 11.3 Å². The van der Waals surface area contributed by atoms with E-state index in [1.165, 1.54) is 0 Å². The van der Waals surface area contributed by atoms with E-state index in [0.717, 1.165) is 12.8 Å². The number of terminal acetylenes is 1. The number of carbonyl (C=O) groups is 1. The maximum absolute atomic E-state index is 11.9. The zero-order valence-corrected chi connectivity index (χ0v) is 9.66. The van der Waals surface area contributed by atoms with Crippen molar-refractivity contribution in [3.05, 3.63) is 29.6 Å². The molecule has 3 nitrogen and oxygen atoms in total. The normalized spacial score (nSPS) is 11.6. The summed E-state index contributed by atoms with van der Waals surface area (Å²) >= 11 is 0. The third-order valence-corrected chi connectivity index (χ3v) is 2.34. The molecule has 3 heteroatoms. The van der Waals surface area contributed by atoms with E-state index in [2.05, 4.69) is 16.2 Å². The van der Waals surface area contributed by atoms with E-state index >= 15 is 0 Å². The largest absolute Gasteiger partial charge is 0.338 e. The molecule has 1 aromatic heterocycles. The summed E-state index contributed by atoms with van der Waals surface area (Å²) < 4.78 is 0. The second-order valence-electron chi connectivity index (χ2n) is 3.62. The molecule has 0 aliphatic rings. The van der Waals surface area contributed by atoms with Crippen LogP contribution < -0.4 is 5.32 Å². The molecule has 1 amide bonds. The molecule has 0 saturated heterocycles. The van der Waals surface area contributed by atoms with Crippen molar-refractivity contribution in [3.63, 3.8) is 0 Å². The molecule has 1 N–H and O–H groups in total. The minimum absolute atomic E-state index is 0.151. The van der Waals surface area contributed by atoms with Crippen LogP contribution >= 0.6 is 0 Å². The van der Waals surface area contributed by atoms with Crippen LogP contribution in [0.1, 0.15) is 35.8 Å². The molecule has 1 aromatic rings. The van der Waals surface area contributed by atoms with Crippen LogP contribution in [-0.2, 0) is 0 Å². The summed E-state index contributed by atoms with van der Waals surface area (Å²) in [5.41, 5.74) is 1.30. The Morgan fingerprint density at radius 2 is 2.44 bits per heavy atom. The summed E-state index contributed by atoms with van der Waals surface area (Å²) in [5, 5.41) is 2.81. The van der Waals surface area contributed by atoms with E-state index in [9.17, 15) is 4.79 Å². The first kappa shape index (κ1) is 12.3. The van der Waals surface area contributed by atoms with Gasteiger partial charge in [0.1, 0.15) is 0 Å². The Morgan fingerprint density at radius 1 is 1.69 bits per heavy atom. The number of aryl methyl sites for hydroxylation is 1. The Kier molecular flexibility index (Phi) is 4.53. The zero-order valence-electron chi connectivity index (χ0n) is 9.66. The maximum atomic E-state index is 11.9. The molecule has 84 valence electrons. The number of nitrogens with one attached hydrogen (secondary N) is 1. The Morgan fingerprint density at radius 3 is 3.00 bits per heavy atom. The molecule has 1 rings (SSSR count). The molecule has 16 heavy (non-hydrogen) atoms. The lowest BCUT2D eigenvalue weighted by molar-refractivity contribution is 0.0943. The van der Waals surface area contributed by atoms with Crippen molar-refractivity contribution >= 4 is 5.91 Å². The van der Waals surface area contributed by atoms with Crippen LogP contribution in [0.2, 0.25) is 0 Å². The van der Waals surface area contributed by atoms with Gasteiger partial charge in [-0.15, -0.1) is 6.42 Å². The molecular formula is C13H16N2O. The number of pyridine rings is 1. The van der Waals surface area contributed by atoms with Gasteiger partial charge in [-0.3, -0.25) is 9.78 Å². The molecule has 0 aromatic carbocycles. The molecule has 0 saturated carbocycles. The minimum atomic E-state index is -0.197. The number of carbonyl (C=O) groups excluding carboxylic acids is 1. The van der Waals surface area contributed by atoms with Gasteiger partial charge in [0, 0.05) is 11.9 Å². The smallest absolute Gasteiger partial charge is 0.254 e. The standard InChI is InChI=1S/C13H16N2O/c1-4-7-11(5-2)15-13(16)12-8-6-9-14-10(12)3/h2,6,8-9,11H,4,7H2,1,3H3,(H,15,16). The Labute approximate surface area is 96.3 Å². The van der Waals surface area contributed by atoms with Crippen molar-refractivity contribution in [2.75, 3.05) is 0 Å². The molecule has 0 radical (unpaired) electrons. The van der Waals surface area contributed by atoms with Gasteiger partial charge in [-0.1, -0.05) is 19.3 Å². The van der Waals surface area contributed by atoms with E-state index in [4.69, 9.17) is 6.42 Å². The van der Waals surface area contributed by atoms with E-state index in [-0.39, 0.29) is 11.9 Å². The molecule has 0 aliphatic heterocycles. The molecule has 0 bridgehead atoms. The van der Waals surface area contributed by atoms with Gasteiger partial charge in [0.05, 0.1) is 11.6 Å². The van der Waals surface area contributed by atoms with Crippen LogP contribution in [0, 0.1) is 19.3 Å². The van der Waals surface area contributed by atoms with Gasteiger partial charge >= 0.3 is 0 Å². The number of nitrogens with zero attached hydrogens (tertiary/aromatic N) is 1. The summed E-state index contributed by atoms with van der Waals surface area (Å²) in [6.45, 7) is 3.84. The average Bonchev–Trinajstić information content (AvgIpc) is 2.28. The second-order valence-corrected chi connectivity index (χ2v) is 3.62. The third kappa shape index (κ3) is 3.09. The van der Waals surface area contributed by atoms with Crippen molar-refractivity contribution in [1.29, 1.82) is 0 Å². The van der Waals surface area contributed by atoms with Gasteiger partial charge in [-0.25, -0.2) is 0 Å². The first-order valence-corrected chi connectivity index (χ1v) is 5.37. The number of rotatable bonds is 4. The van der Waals surface area contributed by atoms with Gasteiger partial charge < -0.3 is 5.32 Å². The molecule has 0 spiro atoms. The topological polar surface area (TPSA) is 42.0 Å². The second kappa shape index (κ2) is 5.92. The van der Waals surface area contributed by atoms with Crippen LogP contribution in [0.3, 0.4) is 0 Å². The summed E-state index contributed by atoms with van der Waals surface area (Å²) in [5.74, 6) is 2.42. The highest BCUT2D eigenvalue weighted by Gasteiger charge is 2.12. The van der Waals surface area contributed by atoms with Gasteiger partial charge in [0.2, 0.25) is 0 Å². The monoisotopic (exact) mass is 216 g/mol. The summed E-state index contributed by atoms with van der Waals surface area (Å²) in [6, 6.07) is 3.29. The fraction of sp³-hybridized carbons (Fsp3) is 0.385. The van der Waals surface area contributed by atoms with Crippen molar-refractivity contribution in [2.24, 2.45) is 0 Å². The third-order valence-electron chi connectivity index (χ3n) is 2.34. The van der Waals surface area contributed by atoms with Crippen LogP contribution in [0.4, 0.5) is 0 Å². The summed E-state index contributed by atoms with van der Waals surface area (Å²) in [4.78, 5) is 15.9. The number of hydrogen-bond donors (Lipinski definition) is 1. The highest BCUT2D eigenvalue weighted by Crippen LogP contribution is 2.04. The molecular weight excluding hydrogens is 200 g/mol. The van der Waals surface area contributed by atoms with Crippen LogP contribution in [0.25, 0.3) is 0 Å². The Hall–Kier alpha value is -1.82. The highest BCUT2D eigenvalue weighted by atomic mass is 16.1. The van der Waals surface area contributed by atoms with E-state index in [1.54, 1.807) is 25.3 Å². The number of aromatic nitrogens is 1. The number of hydrogen-bond acceptors (Lipinski definition) is 2. The molecule has 1 atom stereocenters. The summed E-state index contributed by atoms with van der Waals surface area (Å²) in [7, 11) is 0. The molecule has 1 heterocycles. The fourth-order valence-electron chi connectivity index (χ4n) is 1.45. The first-order valence-electron chi connectivity index (χ1n) is 5.37. The molecule has 0 fully saturated rings. The molecule has 1 unspecified atom stereocenters. The van der Waals surface area contributed by atoms with E-state index < -0.39 is 0 Å². The van der Waals surface area contributed by atoms with Gasteiger partial charge in [-0.05, 0) is 25.5 Å². The fourth-order valence-corrected chi connectivity index (χ4v) is 1.45. The highest BCUT2D eigenvalue weighted by molar-refractivity contribution is 5.95. The predicted octanol–water partition coefficient (Wildman–Crippen LogP) is 1.92. The average molecular weight is 216 g/mol. The van der Waals surface area contributed by atoms with Gasteiger partial charge in [0.15, 0.2) is 0 Å². The predicted molar refractivity (Wildman–Crippen MR) is 64.0 cm³/mol. The lowest BCUT2D eigenvalue weighted by Crippen LogP contribution is -2.34. The number of amides is 1. The lowest BCUT2D eigenvalue weighted by Gasteiger charge is -2.12. The minimum Gasteiger partial charge on any atom is -0.338 e. The Bertz CT molecular complexity index is 407. The van der Waals surface area contributed by atoms with Crippen LogP contribution in [-0.4, -0.2) is 16.9 Å². The lowest BCUT2D eigenvalue weighted by atomic mass is 10.1. The zero-order chi connectivity index (χ0) is 12.0. The van der Waals surface area contributed by atoms with Crippen LogP contribution in [0.15, 0.2) is 18.3 Å². The Balaban J connectivity index is 2.73. The van der Waals surface area contributed by atoms with Crippen molar-refractivity contribution in [2.45, 2.75) is 32.7 Å². The summed E-state index contributed by atoms with van der Waals surface area (Å²) in [6.07, 6.45) is 8.75. The van der Waals surface area contributed by atoms with Crippen molar-refractivity contribution < 1.29 is 4.79 Å². The van der Waals surface area contributed by atoms with Gasteiger partial charge in [-0.2, -0.15) is 0 Å². The van der Waals surface area contributed by atoms with Crippen molar-refractivity contribution in [1.82, 2.24) is 10.3 Å². The van der Waals surface area contributed by atoms with Crippen LogP contribution in [0.5, 0.6) is 0 Å². The van der Waals surface area contributed by atoms with E-state index in [1.807, 2.05) is 6.92 Å². The van der Waals surface area contributed by atoms with Crippen molar-refractivity contribution in [3.8, 4) is 12.3 Å². The quantitative estimate of drug-likeness (QED) is 0.781. The maximum Gasteiger partial charge on any atom is 0.254 e. The SMILES string of the molecule is C#CC(CCC)NC(=O)c1cccnc1C. The first-order chi connectivity index (χ1) is 7.69. The molecule has 0 aliphatic carbocycles. The van der Waals surface area contributed by atoms with Gasteiger partial charge in [0.25, 0.3) is 5.91 Å².